The van der Waals surface area contributed by atoms with E-state index in [1.165, 1.54) is 289 Å². The van der Waals surface area contributed by atoms with Crippen LogP contribution in [-0.4, -0.2) is 47.4 Å². The summed E-state index contributed by atoms with van der Waals surface area (Å²) in [5.74, 6) is -0.0667. The Labute approximate surface area is 480 Å². The van der Waals surface area contributed by atoms with Crippen molar-refractivity contribution < 1.29 is 24.5 Å². The fourth-order valence-electron chi connectivity index (χ4n) is 10.5. The molecule has 0 aromatic heterocycles. The zero-order valence-corrected chi connectivity index (χ0v) is 51.7. The predicted octanol–water partition coefficient (Wildman–Crippen LogP) is 22.1. The van der Waals surface area contributed by atoms with Crippen LogP contribution in [0.3, 0.4) is 0 Å². The molecule has 452 valence electrons. The number of unbranched alkanes of at least 4 members (excludes halogenated alkanes) is 47. The third-order valence-electron chi connectivity index (χ3n) is 15.8. The lowest BCUT2D eigenvalue weighted by Crippen LogP contribution is -2.45. The van der Waals surface area contributed by atoms with Gasteiger partial charge in [-0.2, -0.15) is 0 Å². The molecule has 0 rings (SSSR count). The van der Waals surface area contributed by atoms with E-state index in [2.05, 4.69) is 55.6 Å². The molecule has 0 spiro atoms. The maximum absolute atomic E-state index is 12.5. The second-order valence-electron chi connectivity index (χ2n) is 23.5. The van der Waals surface area contributed by atoms with E-state index in [9.17, 15) is 19.8 Å². The lowest BCUT2D eigenvalue weighted by molar-refractivity contribution is -0.143. The molecule has 77 heavy (non-hydrogen) atoms. The van der Waals surface area contributed by atoms with Gasteiger partial charge in [0.25, 0.3) is 0 Å². The Bertz CT molecular complexity index is 1290. The molecule has 0 fully saturated rings. The number of hydrogen-bond donors (Lipinski definition) is 3. The van der Waals surface area contributed by atoms with Crippen molar-refractivity contribution in [3.8, 4) is 0 Å². The quantitative estimate of drug-likeness (QED) is 0.0320. The average molecular weight is 1080 g/mol. The molecule has 0 saturated carbocycles. The number of rotatable bonds is 64. The van der Waals surface area contributed by atoms with Crippen LogP contribution in [0.4, 0.5) is 0 Å². The van der Waals surface area contributed by atoms with Gasteiger partial charge in [0.1, 0.15) is 0 Å². The second kappa shape index (κ2) is 66.3. The number of aliphatic hydroxyl groups excluding tert-OH is 2. The topological polar surface area (TPSA) is 95.9 Å². The first-order valence-electron chi connectivity index (χ1n) is 34.4. The minimum Gasteiger partial charge on any atom is -0.466 e. The summed E-state index contributed by atoms with van der Waals surface area (Å²) >= 11 is 0. The zero-order valence-electron chi connectivity index (χ0n) is 51.7. The number of esters is 1. The minimum absolute atomic E-state index is 0.00534. The van der Waals surface area contributed by atoms with E-state index in [1.807, 2.05) is 6.08 Å². The number of amides is 1. The monoisotopic (exact) mass is 1080 g/mol. The fraction of sp³-hybridized carbons (Fsp3) is 0.859. The second-order valence-corrected chi connectivity index (χ2v) is 23.5. The summed E-state index contributed by atoms with van der Waals surface area (Å²) in [5, 5.41) is 23.2. The van der Waals surface area contributed by atoms with Gasteiger partial charge in [0.2, 0.25) is 5.91 Å². The summed E-state index contributed by atoms with van der Waals surface area (Å²) in [6.07, 6.45) is 86.0. The van der Waals surface area contributed by atoms with Gasteiger partial charge in [0.15, 0.2) is 0 Å². The molecule has 0 aromatic carbocycles. The Morgan fingerprint density at radius 2 is 0.649 bits per heavy atom. The van der Waals surface area contributed by atoms with E-state index in [0.29, 0.717) is 19.4 Å². The molecule has 6 heteroatoms. The van der Waals surface area contributed by atoms with Gasteiger partial charge in [0.05, 0.1) is 25.4 Å². The lowest BCUT2D eigenvalue weighted by atomic mass is 10.0. The highest BCUT2D eigenvalue weighted by atomic mass is 16.5. The molecule has 6 nitrogen and oxygen atoms in total. The fourth-order valence-corrected chi connectivity index (χ4v) is 10.5. The number of nitrogens with one attached hydrogen (secondary N) is 1. The normalized spacial score (nSPS) is 12.8. The highest BCUT2D eigenvalue weighted by molar-refractivity contribution is 5.76. The van der Waals surface area contributed by atoms with Gasteiger partial charge in [-0.1, -0.05) is 313 Å². The number of carbonyl (C=O) groups excluding carboxylic acids is 2. The number of carbonyl (C=O) groups is 2. The molecular weight excluding hydrogens is 947 g/mol. The van der Waals surface area contributed by atoms with Crippen molar-refractivity contribution in [2.24, 2.45) is 0 Å². The highest BCUT2D eigenvalue weighted by Crippen LogP contribution is 2.17. The van der Waals surface area contributed by atoms with Gasteiger partial charge in [-0.3, -0.25) is 9.59 Å². The largest absolute Gasteiger partial charge is 0.466 e. The first-order chi connectivity index (χ1) is 38.0. The number of aliphatic hydroxyl groups is 2. The summed E-state index contributed by atoms with van der Waals surface area (Å²) in [5.41, 5.74) is 0. The molecule has 0 saturated heterocycles. The zero-order chi connectivity index (χ0) is 55.7. The molecule has 1 amide bonds. The van der Waals surface area contributed by atoms with E-state index in [-0.39, 0.29) is 18.5 Å². The van der Waals surface area contributed by atoms with Gasteiger partial charge in [0, 0.05) is 12.8 Å². The molecule has 0 bridgehead atoms. The first kappa shape index (κ1) is 74.8. The van der Waals surface area contributed by atoms with Gasteiger partial charge < -0.3 is 20.3 Å². The molecule has 0 aliphatic rings. The summed E-state index contributed by atoms with van der Waals surface area (Å²) in [4.78, 5) is 24.6. The third kappa shape index (κ3) is 62.9. The van der Waals surface area contributed by atoms with Gasteiger partial charge in [-0.15, -0.1) is 0 Å². The minimum atomic E-state index is -0.850. The predicted molar refractivity (Wildman–Crippen MR) is 338 cm³/mol. The maximum Gasteiger partial charge on any atom is 0.305 e. The van der Waals surface area contributed by atoms with Crippen LogP contribution in [0.1, 0.15) is 367 Å². The van der Waals surface area contributed by atoms with Crippen LogP contribution in [0.5, 0.6) is 0 Å². The third-order valence-corrected chi connectivity index (χ3v) is 15.8. The van der Waals surface area contributed by atoms with Crippen LogP contribution in [0.15, 0.2) is 48.6 Å². The summed E-state index contributed by atoms with van der Waals surface area (Å²) in [6, 6.07) is -0.634. The highest BCUT2D eigenvalue weighted by Gasteiger charge is 2.18. The Balaban J connectivity index is 3.45. The molecule has 0 aliphatic heterocycles. The van der Waals surface area contributed by atoms with Gasteiger partial charge >= 0.3 is 5.97 Å². The van der Waals surface area contributed by atoms with E-state index < -0.39 is 12.1 Å². The van der Waals surface area contributed by atoms with Crippen molar-refractivity contribution >= 4 is 11.9 Å². The lowest BCUT2D eigenvalue weighted by Gasteiger charge is -2.20. The summed E-state index contributed by atoms with van der Waals surface area (Å²) in [7, 11) is 0. The maximum atomic E-state index is 12.5. The molecule has 0 aliphatic carbocycles. The summed E-state index contributed by atoms with van der Waals surface area (Å²) < 4.78 is 5.49. The molecule has 0 aromatic rings. The van der Waals surface area contributed by atoms with E-state index in [4.69, 9.17) is 4.74 Å². The molecule has 2 atom stereocenters. The van der Waals surface area contributed by atoms with Crippen LogP contribution in [-0.2, 0) is 14.3 Å². The molecular formula is C71H133NO5. The van der Waals surface area contributed by atoms with Crippen LogP contribution in [0.2, 0.25) is 0 Å². The van der Waals surface area contributed by atoms with Crippen molar-refractivity contribution in [2.45, 2.75) is 379 Å². The van der Waals surface area contributed by atoms with Crippen molar-refractivity contribution in [2.75, 3.05) is 13.2 Å². The van der Waals surface area contributed by atoms with Crippen molar-refractivity contribution in [1.82, 2.24) is 5.32 Å². The number of hydrogen-bond acceptors (Lipinski definition) is 5. The van der Waals surface area contributed by atoms with E-state index in [1.54, 1.807) is 6.08 Å². The van der Waals surface area contributed by atoms with E-state index >= 15 is 0 Å². The Morgan fingerprint density at radius 1 is 0.364 bits per heavy atom. The van der Waals surface area contributed by atoms with Crippen molar-refractivity contribution in [3.05, 3.63) is 48.6 Å². The summed E-state index contributed by atoms with van der Waals surface area (Å²) in [6.45, 7) is 4.92. The molecule has 3 N–H and O–H groups in total. The van der Waals surface area contributed by atoms with Crippen LogP contribution >= 0.6 is 0 Å². The standard InChI is InChI=1S/C71H133NO5/c1-3-5-7-9-11-13-15-17-19-21-32-35-39-43-47-51-55-59-63-69(74)68(67-73)72-70(75)64-60-56-52-48-44-40-36-33-29-27-25-23-22-24-26-28-30-34-38-42-46-50-54-58-62-66-77-71(76)65-61-57-53-49-45-41-37-31-20-18-16-14-12-10-8-6-4-2/h18,20,23-26,59,63,68-69,73-74H,3-17,19,21-22,27-58,60-62,64-67H2,1-2H3,(H,72,75)/b20-18-,25-23-,26-24-,63-59+. The Hall–Kier alpha value is -2.18. The Kier molecular flexibility index (Phi) is 64.5. The van der Waals surface area contributed by atoms with Crippen LogP contribution < -0.4 is 5.32 Å². The molecule has 2 unspecified atom stereocenters. The van der Waals surface area contributed by atoms with E-state index in [0.717, 1.165) is 51.4 Å². The number of allylic oxidation sites excluding steroid dienone is 7. The SMILES string of the molecule is CCCCCCCC/C=C\CCCCCCCCCC(=O)OCCCCCCCCCCC/C=C\C/C=C\CCCCCCCCCCCC(=O)NC(CO)C(O)/C=C/CCCCCCCCCCCCCCCCCC. The van der Waals surface area contributed by atoms with Gasteiger partial charge in [-0.05, 0) is 89.9 Å². The Morgan fingerprint density at radius 3 is 1.00 bits per heavy atom. The number of ether oxygens (including phenoxy) is 1. The van der Waals surface area contributed by atoms with Crippen molar-refractivity contribution in [1.29, 1.82) is 0 Å². The average Bonchev–Trinajstić information content (AvgIpc) is 3.43. The van der Waals surface area contributed by atoms with Crippen molar-refractivity contribution in [3.63, 3.8) is 0 Å². The first-order valence-corrected chi connectivity index (χ1v) is 34.4. The molecule has 0 radical (unpaired) electrons. The molecule has 0 heterocycles. The van der Waals surface area contributed by atoms with Crippen LogP contribution in [0.25, 0.3) is 0 Å². The smallest absolute Gasteiger partial charge is 0.305 e. The van der Waals surface area contributed by atoms with Gasteiger partial charge in [-0.25, -0.2) is 0 Å². The van der Waals surface area contributed by atoms with Crippen LogP contribution in [0, 0.1) is 0 Å².